The van der Waals surface area contributed by atoms with Gasteiger partial charge in [-0.1, -0.05) is 0 Å². The molecule has 0 aliphatic heterocycles. The number of ether oxygens (including phenoxy) is 1. The second-order valence-electron chi connectivity index (χ2n) is 5.09. The van der Waals surface area contributed by atoms with Gasteiger partial charge in [-0.25, -0.2) is 17.5 Å². The van der Waals surface area contributed by atoms with Crippen LogP contribution in [0.5, 0.6) is 5.75 Å². The number of rotatable bonds is 7. The van der Waals surface area contributed by atoms with Crippen molar-refractivity contribution >= 4 is 10.0 Å². The molecule has 2 N–H and O–H groups in total. The van der Waals surface area contributed by atoms with Crippen LogP contribution in [0.25, 0.3) is 0 Å². The predicted octanol–water partition coefficient (Wildman–Crippen LogP) is 1.28. The molecule has 0 saturated heterocycles. The molecule has 0 unspecified atom stereocenters. The van der Waals surface area contributed by atoms with Gasteiger partial charge in [0.25, 0.3) is 0 Å². The molecule has 1 fully saturated rings. The van der Waals surface area contributed by atoms with Gasteiger partial charge in [0, 0.05) is 13.2 Å². The lowest BCUT2D eigenvalue weighted by atomic mass is 10.0. The Morgan fingerprint density at radius 2 is 2.15 bits per heavy atom. The van der Waals surface area contributed by atoms with Crippen molar-refractivity contribution in [1.29, 1.82) is 0 Å². The molecular weight excluding hydrogens is 285 g/mol. The van der Waals surface area contributed by atoms with Gasteiger partial charge in [-0.05, 0) is 42.9 Å². The zero-order valence-electron chi connectivity index (χ0n) is 11.2. The van der Waals surface area contributed by atoms with E-state index in [1.165, 1.54) is 19.2 Å². The summed E-state index contributed by atoms with van der Waals surface area (Å²) in [6.45, 7) is 0.308. The highest BCUT2D eigenvalue weighted by Gasteiger charge is 2.42. The van der Waals surface area contributed by atoms with E-state index in [-0.39, 0.29) is 29.2 Å². The molecule has 0 amide bonds. The van der Waals surface area contributed by atoms with Crippen molar-refractivity contribution in [1.82, 2.24) is 4.72 Å². The number of sulfonamides is 1. The molecule has 1 aromatic rings. The molecule has 112 valence electrons. The van der Waals surface area contributed by atoms with Gasteiger partial charge >= 0.3 is 0 Å². The van der Waals surface area contributed by atoms with Crippen molar-refractivity contribution in [2.75, 3.05) is 20.3 Å². The summed E-state index contributed by atoms with van der Waals surface area (Å²) in [5.41, 5.74) is -0.132. The predicted molar refractivity (Wildman–Crippen MR) is 71.5 cm³/mol. The van der Waals surface area contributed by atoms with Crippen molar-refractivity contribution in [2.45, 2.75) is 24.2 Å². The van der Waals surface area contributed by atoms with E-state index in [4.69, 9.17) is 9.84 Å². The maximum absolute atomic E-state index is 13.5. The van der Waals surface area contributed by atoms with E-state index < -0.39 is 15.8 Å². The Bertz CT molecular complexity index is 584. The molecular formula is C13H18FNO4S. The SMILES string of the molecule is COc1ccc(S(=O)(=O)NCC2(CCO)CC2)cc1F. The van der Waals surface area contributed by atoms with Crippen LogP contribution in [0, 0.1) is 11.2 Å². The van der Waals surface area contributed by atoms with Crippen molar-refractivity contribution in [3.8, 4) is 5.75 Å². The van der Waals surface area contributed by atoms with Gasteiger partial charge in [0.1, 0.15) is 0 Å². The summed E-state index contributed by atoms with van der Waals surface area (Å²) in [6, 6.07) is 3.52. The topological polar surface area (TPSA) is 75.6 Å². The van der Waals surface area contributed by atoms with Gasteiger partial charge in [0.2, 0.25) is 10.0 Å². The zero-order chi connectivity index (χ0) is 14.8. The molecule has 0 atom stereocenters. The molecule has 0 heterocycles. The smallest absolute Gasteiger partial charge is 0.240 e. The minimum Gasteiger partial charge on any atom is -0.494 e. The van der Waals surface area contributed by atoms with Gasteiger partial charge in [0.05, 0.1) is 12.0 Å². The largest absolute Gasteiger partial charge is 0.494 e. The number of methoxy groups -OCH3 is 1. The van der Waals surface area contributed by atoms with Crippen LogP contribution >= 0.6 is 0 Å². The Morgan fingerprint density at radius 1 is 1.45 bits per heavy atom. The molecule has 0 bridgehead atoms. The van der Waals surface area contributed by atoms with Gasteiger partial charge in [-0.2, -0.15) is 0 Å². The number of benzene rings is 1. The van der Waals surface area contributed by atoms with Crippen LogP contribution in [0.2, 0.25) is 0 Å². The summed E-state index contributed by atoms with van der Waals surface area (Å²) in [5, 5.41) is 8.94. The fourth-order valence-electron chi connectivity index (χ4n) is 2.07. The monoisotopic (exact) mass is 303 g/mol. The van der Waals surface area contributed by atoms with Crippen molar-refractivity contribution in [3.05, 3.63) is 24.0 Å². The first-order valence-electron chi connectivity index (χ1n) is 6.36. The highest BCUT2D eigenvalue weighted by Crippen LogP contribution is 2.48. The zero-order valence-corrected chi connectivity index (χ0v) is 12.0. The Kier molecular flexibility index (Phi) is 4.31. The number of hydrogen-bond donors (Lipinski definition) is 2. The minimum absolute atomic E-state index is 0.00268. The van der Waals surface area contributed by atoms with Crippen LogP contribution in [0.3, 0.4) is 0 Å². The number of aliphatic hydroxyl groups is 1. The highest BCUT2D eigenvalue weighted by molar-refractivity contribution is 7.89. The van der Waals surface area contributed by atoms with Crippen LogP contribution in [0.1, 0.15) is 19.3 Å². The van der Waals surface area contributed by atoms with Crippen molar-refractivity contribution in [2.24, 2.45) is 5.41 Å². The van der Waals surface area contributed by atoms with E-state index in [0.29, 0.717) is 6.42 Å². The number of nitrogens with one attached hydrogen (secondary N) is 1. The maximum atomic E-state index is 13.5. The third-order valence-electron chi connectivity index (χ3n) is 3.67. The lowest BCUT2D eigenvalue weighted by Gasteiger charge is -2.15. The fourth-order valence-corrected chi connectivity index (χ4v) is 3.24. The first-order chi connectivity index (χ1) is 9.42. The van der Waals surface area contributed by atoms with Gasteiger partial charge < -0.3 is 9.84 Å². The molecule has 5 nitrogen and oxygen atoms in total. The van der Waals surface area contributed by atoms with E-state index in [1.807, 2.05) is 0 Å². The van der Waals surface area contributed by atoms with E-state index in [0.717, 1.165) is 18.9 Å². The Morgan fingerprint density at radius 3 is 2.65 bits per heavy atom. The number of halogens is 1. The first kappa shape index (κ1) is 15.2. The molecule has 2 rings (SSSR count). The average Bonchev–Trinajstić information content (AvgIpc) is 3.17. The van der Waals surface area contributed by atoms with E-state index in [1.54, 1.807) is 0 Å². The molecule has 0 radical (unpaired) electrons. The third-order valence-corrected chi connectivity index (χ3v) is 5.07. The Hall–Kier alpha value is -1.18. The first-order valence-corrected chi connectivity index (χ1v) is 7.85. The molecule has 1 saturated carbocycles. The van der Waals surface area contributed by atoms with Crippen LogP contribution in [0.4, 0.5) is 4.39 Å². The standard InChI is InChI=1S/C13H18FNO4S/c1-19-12-3-2-10(8-11(12)14)20(17,18)15-9-13(4-5-13)6-7-16/h2-3,8,15-16H,4-7,9H2,1H3. The van der Waals surface area contributed by atoms with Crippen LogP contribution in [-0.2, 0) is 10.0 Å². The summed E-state index contributed by atoms with van der Waals surface area (Å²) in [4.78, 5) is -0.129. The minimum atomic E-state index is -3.75. The van der Waals surface area contributed by atoms with Crippen LogP contribution < -0.4 is 9.46 Å². The second-order valence-corrected chi connectivity index (χ2v) is 6.86. The molecule has 7 heteroatoms. The van der Waals surface area contributed by atoms with Crippen LogP contribution in [-0.4, -0.2) is 33.8 Å². The summed E-state index contributed by atoms with van der Waals surface area (Å²) in [7, 11) is -2.43. The lowest BCUT2D eigenvalue weighted by Crippen LogP contribution is -2.30. The lowest BCUT2D eigenvalue weighted by molar-refractivity contribution is 0.249. The van der Waals surface area contributed by atoms with Gasteiger partial charge in [-0.3, -0.25) is 0 Å². The number of hydrogen-bond acceptors (Lipinski definition) is 4. The summed E-state index contributed by atoms with van der Waals surface area (Å²) in [5.74, 6) is -0.713. The third kappa shape index (κ3) is 3.28. The quantitative estimate of drug-likeness (QED) is 0.795. The molecule has 20 heavy (non-hydrogen) atoms. The molecule has 0 spiro atoms. The molecule has 1 aliphatic rings. The second kappa shape index (κ2) is 5.67. The molecule has 0 aromatic heterocycles. The van der Waals surface area contributed by atoms with E-state index >= 15 is 0 Å². The fraction of sp³-hybridized carbons (Fsp3) is 0.538. The van der Waals surface area contributed by atoms with E-state index in [2.05, 4.69) is 4.72 Å². The average molecular weight is 303 g/mol. The van der Waals surface area contributed by atoms with Crippen molar-refractivity contribution < 1.29 is 22.7 Å². The highest BCUT2D eigenvalue weighted by atomic mass is 32.2. The summed E-state index contributed by atoms with van der Waals surface area (Å²) in [6.07, 6.45) is 2.37. The number of aliphatic hydroxyl groups excluding tert-OH is 1. The normalized spacial score (nSPS) is 16.9. The van der Waals surface area contributed by atoms with Crippen molar-refractivity contribution in [3.63, 3.8) is 0 Å². The summed E-state index contributed by atoms with van der Waals surface area (Å²) >= 11 is 0. The Labute approximate surface area is 117 Å². The summed E-state index contributed by atoms with van der Waals surface area (Å²) < 4.78 is 44.9. The maximum Gasteiger partial charge on any atom is 0.240 e. The molecule has 1 aliphatic carbocycles. The van der Waals surface area contributed by atoms with Crippen LogP contribution in [0.15, 0.2) is 23.1 Å². The van der Waals surface area contributed by atoms with Gasteiger partial charge in [-0.15, -0.1) is 0 Å². The van der Waals surface area contributed by atoms with Gasteiger partial charge in [0.15, 0.2) is 11.6 Å². The Balaban J connectivity index is 2.09. The van der Waals surface area contributed by atoms with E-state index in [9.17, 15) is 12.8 Å². The molecule has 1 aromatic carbocycles.